The van der Waals surface area contributed by atoms with E-state index in [0.717, 1.165) is 0 Å². The highest BCUT2D eigenvalue weighted by Crippen LogP contribution is 2.41. The summed E-state index contributed by atoms with van der Waals surface area (Å²) in [5.74, 6) is -1.14. The van der Waals surface area contributed by atoms with E-state index in [2.05, 4.69) is 0 Å². The van der Waals surface area contributed by atoms with Crippen LogP contribution in [0.3, 0.4) is 0 Å². The van der Waals surface area contributed by atoms with Gasteiger partial charge in [-0.05, 0) is 43.2 Å². The summed E-state index contributed by atoms with van der Waals surface area (Å²) in [5.41, 5.74) is 0.440. The first-order valence-corrected chi connectivity index (χ1v) is 9.10. The van der Waals surface area contributed by atoms with Crippen molar-refractivity contribution in [3.8, 4) is 11.5 Å². The lowest BCUT2D eigenvalue weighted by Crippen LogP contribution is -2.32. The molecule has 2 heterocycles. The zero-order valence-corrected chi connectivity index (χ0v) is 16.5. The Bertz CT molecular complexity index is 960. The van der Waals surface area contributed by atoms with Crippen molar-refractivity contribution >= 4 is 11.7 Å². The number of carbonyl (C=O) groups excluding carboxylic acids is 2. The van der Waals surface area contributed by atoms with Crippen LogP contribution in [0.1, 0.15) is 34.3 Å². The summed E-state index contributed by atoms with van der Waals surface area (Å²) in [6, 6.07) is 6.82. The minimum absolute atomic E-state index is 0.0336. The Labute approximate surface area is 168 Å². The van der Waals surface area contributed by atoms with E-state index in [0.29, 0.717) is 24.4 Å². The molecule has 1 aliphatic heterocycles. The van der Waals surface area contributed by atoms with Crippen molar-refractivity contribution < 1.29 is 33.7 Å². The number of ketones is 1. The molecule has 0 radical (unpaired) electrons. The molecule has 8 nitrogen and oxygen atoms in total. The number of phenols is 1. The average molecular weight is 401 g/mol. The summed E-state index contributed by atoms with van der Waals surface area (Å²) in [6.45, 7) is 2.37. The van der Waals surface area contributed by atoms with Gasteiger partial charge in [0.25, 0.3) is 5.91 Å². The fourth-order valence-corrected chi connectivity index (χ4v) is 3.40. The topological polar surface area (TPSA) is 109 Å². The number of aliphatic hydroxyl groups is 1. The van der Waals surface area contributed by atoms with Crippen molar-refractivity contribution in [3.63, 3.8) is 0 Å². The first-order valence-electron chi connectivity index (χ1n) is 9.10. The quantitative estimate of drug-likeness (QED) is 0.517. The second kappa shape index (κ2) is 8.40. The number of furan rings is 1. The third-order valence-electron chi connectivity index (χ3n) is 4.78. The highest BCUT2D eigenvalue weighted by Gasteiger charge is 2.44. The Balaban J connectivity index is 2.07. The Morgan fingerprint density at radius 2 is 1.97 bits per heavy atom. The van der Waals surface area contributed by atoms with Gasteiger partial charge < -0.3 is 29.0 Å². The number of aromatic hydroxyl groups is 1. The van der Waals surface area contributed by atoms with Gasteiger partial charge in [0.15, 0.2) is 23.0 Å². The van der Waals surface area contributed by atoms with E-state index in [1.165, 1.54) is 30.2 Å². The molecule has 3 rings (SSSR count). The third kappa shape index (κ3) is 3.84. The normalized spacial score (nSPS) is 16.6. The molecule has 8 heteroatoms. The molecule has 2 N–H and O–H groups in total. The Kier molecular flexibility index (Phi) is 5.93. The first-order chi connectivity index (χ1) is 13.9. The van der Waals surface area contributed by atoms with Gasteiger partial charge in [-0.15, -0.1) is 0 Å². The zero-order chi connectivity index (χ0) is 21.1. The molecule has 29 heavy (non-hydrogen) atoms. The van der Waals surface area contributed by atoms with E-state index in [9.17, 15) is 19.8 Å². The average Bonchev–Trinajstić information content (AvgIpc) is 3.25. The van der Waals surface area contributed by atoms with Gasteiger partial charge in [0.2, 0.25) is 5.78 Å². The van der Waals surface area contributed by atoms with E-state index in [1.807, 2.05) is 0 Å². The maximum absolute atomic E-state index is 13.1. The van der Waals surface area contributed by atoms with E-state index < -0.39 is 23.5 Å². The number of ether oxygens (including phenoxy) is 2. The number of aryl methyl sites for hydroxylation is 1. The van der Waals surface area contributed by atoms with Gasteiger partial charge in [-0.3, -0.25) is 9.59 Å². The number of rotatable bonds is 8. The number of nitrogens with zero attached hydrogens (tertiary/aromatic N) is 1. The molecule has 0 fully saturated rings. The number of amides is 1. The van der Waals surface area contributed by atoms with Crippen LogP contribution in [0.25, 0.3) is 0 Å². The molecule has 0 aliphatic carbocycles. The smallest absolute Gasteiger partial charge is 0.290 e. The molecule has 0 bridgehead atoms. The van der Waals surface area contributed by atoms with Crippen molar-refractivity contribution in [2.45, 2.75) is 19.4 Å². The molecule has 1 aromatic carbocycles. The number of phenolic OH excluding ortho intramolecular Hbond substituents is 1. The fraction of sp³-hybridized carbons (Fsp3) is 0.333. The number of hydrogen-bond acceptors (Lipinski definition) is 7. The van der Waals surface area contributed by atoms with Crippen molar-refractivity contribution in [2.75, 3.05) is 27.4 Å². The minimum Gasteiger partial charge on any atom is -0.504 e. The van der Waals surface area contributed by atoms with Crippen LogP contribution in [-0.4, -0.2) is 54.2 Å². The summed E-state index contributed by atoms with van der Waals surface area (Å²) in [4.78, 5) is 27.3. The summed E-state index contributed by atoms with van der Waals surface area (Å²) in [5, 5.41) is 20.5. The molecule has 0 spiro atoms. The number of Topliss-reactive ketones (excluding diaryl/α,β-unsaturated/α-hetero) is 1. The monoisotopic (exact) mass is 401 g/mol. The summed E-state index contributed by atoms with van der Waals surface area (Å²) in [6.07, 6.45) is 0.516. The van der Waals surface area contributed by atoms with Gasteiger partial charge in [0.1, 0.15) is 5.76 Å². The first kappa shape index (κ1) is 20.5. The van der Waals surface area contributed by atoms with Gasteiger partial charge in [0, 0.05) is 20.3 Å². The van der Waals surface area contributed by atoms with Crippen LogP contribution in [0.5, 0.6) is 11.5 Å². The lowest BCUT2D eigenvalue weighted by atomic mass is 9.94. The van der Waals surface area contributed by atoms with Crippen molar-refractivity contribution in [2.24, 2.45) is 0 Å². The molecule has 1 amide bonds. The lowest BCUT2D eigenvalue weighted by molar-refractivity contribution is -0.129. The molecule has 0 saturated heterocycles. The van der Waals surface area contributed by atoms with Gasteiger partial charge in [-0.25, -0.2) is 0 Å². The number of benzene rings is 1. The van der Waals surface area contributed by atoms with E-state index in [4.69, 9.17) is 13.9 Å². The van der Waals surface area contributed by atoms with Crippen molar-refractivity contribution in [1.29, 1.82) is 0 Å². The highest BCUT2D eigenvalue weighted by molar-refractivity contribution is 6.15. The Morgan fingerprint density at radius 3 is 2.59 bits per heavy atom. The van der Waals surface area contributed by atoms with E-state index >= 15 is 0 Å². The second-order valence-corrected chi connectivity index (χ2v) is 6.68. The van der Waals surface area contributed by atoms with E-state index in [1.54, 1.807) is 26.2 Å². The molecule has 0 saturated carbocycles. The summed E-state index contributed by atoms with van der Waals surface area (Å²) >= 11 is 0. The predicted molar refractivity (Wildman–Crippen MR) is 103 cm³/mol. The highest BCUT2D eigenvalue weighted by atomic mass is 16.5. The summed E-state index contributed by atoms with van der Waals surface area (Å²) < 4.78 is 15.6. The lowest BCUT2D eigenvalue weighted by Gasteiger charge is -2.27. The number of methoxy groups -OCH3 is 2. The maximum atomic E-state index is 13.1. The molecule has 154 valence electrons. The van der Waals surface area contributed by atoms with Crippen LogP contribution in [0.2, 0.25) is 0 Å². The van der Waals surface area contributed by atoms with Crippen LogP contribution in [0, 0.1) is 6.92 Å². The van der Waals surface area contributed by atoms with Gasteiger partial charge in [-0.2, -0.15) is 0 Å². The van der Waals surface area contributed by atoms with Crippen LogP contribution in [-0.2, 0) is 9.53 Å². The minimum atomic E-state index is -0.855. The number of carbonyl (C=O) groups is 2. The molecular weight excluding hydrogens is 378 g/mol. The van der Waals surface area contributed by atoms with Crippen molar-refractivity contribution in [3.05, 3.63) is 58.7 Å². The fourth-order valence-electron chi connectivity index (χ4n) is 3.40. The van der Waals surface area contributed by atoms with Gasteiger partial charge >= 0.3 is 0 Å². The van der Waals surface area contributed by atoms with Gasteiger partial charge in [-0.1, -0.05) is 6.07 Å². The van der Waals surface area contributed by atoms with Crippen LogP contribution >= 0.6 is 0 Å². The number of hydrogen-bond donors (Lipinski definition) is 2. The second-order valence-electron chi connectivity index (χ2n) is 6.68. The Hall–Kier alpha value is -3.26. The molecular formula is C21H23NO7. The molecule has 1 atom stereocenters. The number of aliphatic hydroxyl groups excluding tert-OH is 1. The van der Waals surface area contributed by atoms with Gasteiger partial charge in [0.05, 0.1) is 18.7 Å². The Morgan fingerprint density at radius 1 is 1.21 bits per heavy atom. The van der Waals surface area contributed by atoms with Crippen LogP contribution < -0.4 is 4.74 Å². The molecule has 1 aliphatic rings. The zero-order valence-electron chi connectivity index (χ0n) is 16.5. The van der Waals surface area contributed by atoms with E-state index in [-0.39, 0.29) is 29.4 Å². The molecule has 1 aromatic heterocycles. The standard InChI is InChI=1S/C21H23NO7/c1-12-5-8-15(29-12)19(24)17-18(13-6-7-14(23)16(11-13)28-3)22(9-4-10-27-2)21(26)20(17)25/h5-8,11,18,23,25H,4,9-10H2,1-3H3/t18-/m1/s1. The molecule has 0 unspecified atom stereocenters. The SMILES string of the molecule is COCCCN1C(=O)C(O)=C(C(=O)c2ccc(C)o2)[C@H]1c1ccc(O)c(OC)c1. The van der Waals surface area contributed by atoms with Crippen molar-refractivity contribution in [1.82, 2.24) is 4.90 Å². The summed E-state index contributed by atoms with van der Waals surface area (Å²) in [7, 11) is 2.96. The van der Waals surface area contributed by atoms with Crippen LogP contribution in [0.15, 0.2) is 46.1 Å². The largest absolute Gasteiger partial charge is 0.504 e. The van der Waals surface area contributed by atoms with Crippen LogP contribution in [0.4, 0.5) is 0 Å². The third-order valence-corrected chi connectivity index (χ3v) is 4.78. The maximum Gasteiger partial charge on any atom is 0.290 e. The molecule has 2 aromatic rings. The predicted octanol–water partition coefficient (Wildman–Crippen LogP) is 2.92.